The van der Waals surface area contributed by atoms with Gasteiger partial charge in [0.05, 0.1) is 12.3 Å². The highest BCUT2D eigenvalue weighted by atomic mass is 16.3. The molecule has 0 spiro atoms. The van der Waals surface area contributed by atoms with Crippen LogP contribution in [0, 0.1) is 0 Å². The van der Waals surface area contributed by atoms with E-state index in [-0.39, 0.29) is 6.61 Å². The first-order chi connectivity index (χ1) is 7.21. The van der Waals surface area contributed by atoms with Gasteiger partial charge in [0.25, 0.3) is 0 Å². The molecule has 0 amide bonds. The highest BCUT2D eigenvalue weighted by Crippen LogP contribution is 2.22. The average Bonchev–Trinajstić information content (AvgIpc) is 2.72. The minimum Gasteiger partial charge on any atom is -0.395 e. The van der Waals surface area contributed by atoms with Gasteiger partial charge in [0, 0.05) is 24.4 Å². The summed E-state index contributed by atoms with van der Waals surface area (Å²) in [7, 11) is 0. The van der Waals surface area contributed by atoms with Crippen molar-refractivity contribution < 1.29 is 5.11 Å². The van der Waals surface area contributed by atoms with Crippen LogP contribution in [0.5, 0.6) is 0 Å². The summed E-state index contributed by atoms with van der Waals surface area (Å²) < 4.78 is 1.96. The van der Waals surface area contributed by atoms with E-state index in [0.29, 0.717) is 6.54 Å². The SMILES string of the molecule is CC(CN)(CO)c1cnc2ccccn12. The molecular formula is C11H15N3O. The maximum absolute atomic E-state index is 9.40. The monoisotopic (exact) mass is 205 g/mol. The van der Waals surface area contributed by atoms with E-state index >= 15 is 0 Å². The van der Waals surface area contributed by atoms with Crippen molar-refractivity contribution in [3.63, 3.8) is 0 Å². The van der Waals surface area contributed by atoms with Gasteiger partial charge in [0.2, 0.25) is 0 Å². The van der Waals surface area contributed by atoms with Crippen LogP contribution in [-0.4, -0.2) is 27.6 Å². The summed E-state index contributed by atoms with van der Waals surface area (Å²) >= 11 is 0. The van der Waals surface area contributed by atoms with E-state index in [1.54, 1.807) is 6.20 Å². The number of hydrogen-bond donors (Lipinski definition) is 2. The van der Waals surface area contributed by atoms with Gasteiger partial charge in [-0.1, -0.05) is 13.0 Å². The molecule has 0 aliphatic carbocycles. The molecule has 4 heteroatoms. The second-order valence-corrected chi connectivity index (χ2v) is 4.00. The number of hydrogen-bond acceptors (Lipinski definition) is 3. The Labute approximate surface area is 88.4 Å². The number of aromatic nitrogens is 2. The quantitative estimate of drug-likeness (QED) is 0.768. The van der Waals surface area contributed by atoms with Gasteiger partial charge in [-0.2, -0.15) is 0 Å². The Bertz CT molecular complexity index is 460. The molecule has 0 aliphatic rings. The molecule has 2 aromatic rings. The molecule has 1 unspecified atom stereocenters. The van der Waals surface area contributed by atoms with Crippen molar-refractivity contribution in [3.05, 3.63) is 36.3 Å². The number of aliphatic hydroxyl groups excluding tert-OH is 1. The fourth-order valence-electron chi connectivity index (χ4n) is 1.63. The van der Waals surface area contributed by atoms with Gasteiger partial charge in [-0.15, -0.1) is 0 Å². The Morgan fingerprint density at radius 1 is 1.53 bits per heavy atom. The average molecular weight is 205 g/mol. The van der Waals surface area contributed by atoms with Gasteiger partial charge in [-0.3, -0.25) is 0 Å². The summed E-state index contributed by atoms with van der Waals surface area (Å²) in [5.74, 6) is 0. The third-order valence-electron chi connectivity index (χ3n) is 2.83. The zero-order valence-corrected chi connectivity index (χ0v) is 8.72. The van der Waals surface area contributed by atoms with Crippen molar-refractivity contribution in [2.75, 3.05) is 13.2 Å². The summed E-state index contributed by atoms with van der Waals surface area (Å²) in [4.78, 5) is 4.28. The molecule has 15 heavy (non-hydrogen) atoms. The maximum atomic E-state index is 9.40. The number of nitrogens with two attached hydrogens (primary N) is 1. The molecule has 2 heterocycles. The van der Waals surface area contributed by atoms with E-state index in [2.05, 4.69) is 4.98 Å². The number of aliphatic hydroxyl groups is 1. The first-order valence-electron chi connectivity index (χ1n) is 4.95. The van der Waals surface area contributed by atoms with E-state index in [4.69, 9.17) is 5.73 Å². The van der Waals surface area contributed by atoms with Crippen LogP contribution in [0.1, 0.15) is 12.6 Å². The van der Waals surface area contributed by atoms with Gasteiger partial charge >= 0.3 is 0 Å². The van der Waals surface area contributed by atoms with E-state index in [9.17, 15) is 5.11 Å². The number of fused-ring (bicyclic) bond motifs is 1. The Kier molecular flexibility index (Phi) is 2.46. The molecule has 4 nitrogen and oxygen atoms in total. The number of nitrogens with zero attached hydrogens (tertiary/aromatic N) is 2. The van der Waals surface area contributed by atoms with E-state index in [1.807, 2.05) is 35.7 Å². The second-order valence-electron chi connectivity index (χ2n) is 4.00. The first-order valence-corrected chi connectivity index (χ1v) is 4.95. The molecule has 2 aromatic heterocycles. The van der Waals surface area contributed by atoms with Crippen LogP contribution >= 0.6 is 0 Å². The van der Waals surface area contributed by atoms with Crippen molar-refractivity contribution in [2.45, 2.75) is 12.3 Å². The van der Waals surface area contributed by atoms with Crippen molar-refractivity contribution in [3.8, 4) is 0 Å². The Hall–Kier alpha value is -1.39. The largest absolute Gasteiger partial charge is 0.395 e. The van der Waals surface area contributed by atoms with Crippen LogP contribution in [0.4, 0.5) is 0 Å². The summed E-state index contributed by atoms with van der Waals surface area (Å²) in [6.45, 7) is 2.35. The van der Waals surface area contributed by atoms with Crippen molar-refractivity contribution in [1.82, 2.24) is 9.38 Å². The zero-order valence-electron chi connectivity index (χ0n) is 8.72. The lowest BCUT2D eigenvalue weighted by Gasteiger charge is -2.24. The van der Waals surface area contributed by atoms with Gasteiger partial charge in [0.15, 0.2) is 0 Å². The highest BCUT2D eigenvalue weighted by Gasteiger charge is 2.27. The Morgan fingerprint density at radius 2 is 2.33 bits per heavy atom. The van der Waals surface area contributed by atoms with Gasteiger partial charge in [0.1, 0.15) is 5.65 Å². The van der Waals surface area contributed by atoms with Crippen molar-refractivity contribution in [2.24, 2.45) is 5.73 Å². The predicted molar refractivity (Wildman–Crippen MR) is 58.7 cm³/mol. The van der Waals surface area contributed by atoms with Crippen LogP contribution in [0.3, 0.4) is 0 Å². The standard InChI is InChI=1S/C11H15N3O/c1-11(7-12,8-15)9-6-13-10-4-2-3-5-14(9)10/h2-6,15H,7-8,12H2,1H3. The lowest BCUT2D eigenvalue weighted by Crippen LogP contribution is -2.36. The summed E-state index contributed by atoms with van der Waals surface area (Å²) in [6.07, 6.45) is 3.71. The smallest absolute Gasteiger partial charge is 0.136 e. The first kappa shape index (κ1) is 10.1. The minimum absolute atomic E-state index is 0.0200. The fourth-order valence-corrected chi connectivity index (χ4v) is 1.63. The Morgan fingerprint density at radius 3 is 3.00 bits per heavy atom. The molecule has 80 valence electrons. The van der Waals surface area contributed by atoms with Crippen LogP contribution in [0.15, 0.2) is 30.6 Å². The summed E-state index contributed by atoms with van der Waals surface area (Å²) in [5, 5.41) is 9.40. The molecule has 0 aliphatic heterocycles. The lowest BCUT2D eigenvalue weighted by molar-refractivity contribution is 0.206. The lowest BCUT2D eigenvalue weighted by atomic mass is 9.88. The molecule has 3 N–H and O–H groups in total. The van der Waals surface area contributed by atoms with Crippen LogP contribution < -0.4 is 5.73 Å². The highest BCUT2D eigenvalue weighted by molar-refractivity contribution is 5.41. The summed E-state index contributed by atoms with van der Waals surface area (Å²) in [6, 6.07) is 5.80. The number of rotatable bonds is 3. The van der Waals surface area contributed by atoms with Gasteiger partial charge in [-0.25, -0.2) is 4.98 Å². The zero-order chi connectivity index (χ0) is 10.9. The van der Waals surface area contributed by atoms with Crippen molar-refractivity contribution in [1.29, 1.82) is 0 Å². The normalized spacial score (nSPS) is 15.4. The second kappa shape index (κ2) is 3.64. The molecule has 0 fully saturated rings. The third kappa shape index (κ3) is 1.52. The van der Waals surface area contributed by atoms with Crippen molar-refractivity contribution >= 4 is 5.65 Å². The molecule has 0 aromatic carbocycles. The molecule has 0 saturated carbocycles. The molecular weight excluding hydrogens is 190 g/mol. The molecule has 0 bridgehead atoms. The maximum Gasteiger partial charge on any atom is 0.136 e. The summed E-state index contributed by atoms with van der Waals surface area (Å²) in [5.41, 5.74) is 7.09. The van der Waals surface area contributed by atoms with Gasteiger partial charge in [-0.05, 0) is 12.1 Å². The van der Waals surface area contributed by atoms with Gasteiger partial charge < -0.3 is 15.2 Å². The van der Waals surface area contributed by atoms with Crippen LogP contribution in [0.2, 0.25) is 0 Å². The molecule has 0 saturated heterocycles. The molecule has 0 radical (unpaired) electrons. The van der Waals surface area contributed by atoms with Crippen LogP contribution in [0.25, 0.3) is 5.65 Å². The minimum atomic E-state index is -0.430. The third-order valence-corrected chi connectivity index (χ3v) is 2.83. The predicted octanol–water partition coefficient (Wildman–Crippen LogP) is 0.543. The van der Waals surface area contributed by atoms with E-state index in [0.717, 1.165) is 11.3 Å². The molecule has 1 atom stereocenters. The number of imidazole rings is 1. The topological polar surface area (TPSA) is 63.5 Å². The molecule has 2 rings (SSSR count). The van der Waals surface area contributed by atoms with E-state index in [1.165, 1.54) is 0 Å². The van der Waals surface area contributed by atoms with Crippen LogP contribution in [-0.2, 0) is 5.41 Å². The Balaban J connectivity index is 2.61. The van der Waals surface area contributed by atoms with E-state index < -0.39 is 5.41 Å². The number of pyridine rings is 1. The fraction of sp³-hybridized carbons (Fsp3) is 0.364.